The molecule has 1 saturated heterocycles. The van der Waals surface area contributed by atoms with Crippen molar-refractivity contribution in [3.05, 3.63) is 49.0 Å². The molecule has 2 aromatic rings. The summed E-state index contributed by atoms with van der Waals surface area (Å²) in [5.41, 5.74) is 1.50. The fraction of sp³-hybridized carbons (Fsp3) is 0.278. The van der Waals surface area contributed by atoms with E-state index in [4.69, 9.17) is 4.42 Å². The smallest absolute Gasteiger partial charge is 0.238 e. The third-order valence-electron chi connectivity index (χ3n) is 5.31. The van der Waals surface area contributed by atoms with Gasteiger partial charge in [0.25, 0.3) is 0 Å². The van der Waals surface area contributed by atoms with Crippen LogP contribution in [0.4, 0.5) is 5.69 Å². The number of allylic oxidation sites excluding steroid dienone is 2. The molecule has 4 atom stereocenters. The average molecular weight is 306 g/mol. The highest BCUT2D eigenvalue weighted by atomic mass is 16.3. The van der Waals surface area contributed by atoms with E-state index in [0.717, 1.165) is 12.0 Å². The molecule has 1 aliphatic heterocycles. The highest BCUT2D eigenvalue weighted by Crippen LogP contribution is 2.53. The number of fused-ring (bicyclic) bond motifs is 5. The number of hydrogen-bond acceptors (Lipinski definition) is 4. The van der Waals surface area contributed by atoms with Crippen LogP contribution in [0.5, 0.6) is 0 Å². The third kappa shape index (κ3) is 1.64. The number of imide groups is 1. The number of anilines is 1. The molecule has 2 aliphatic carbocycles. The second-order valence-electron chi connectivity index (χ2n) is 6.42. The van der Waals surface area contributed by atoms with E-state index in [0.29, 0.717) is 11.4 Å². The van der Waals surface area contributed by atoms with Crippen LogP contribution in [0.2, 0.25) is 0 Å². The molecule has 5 nitrogen and oxygen atoms in total. The zero-order valence-corrected chi connectivity index (χ0v) is 12.3. The highest BCUT2D eigenvalue weighted by Gasteiger charge is 2.59. The van der Waals surface area contributed by atoms with Gasteiger partial charge in [-0.1, -0.05) is 12.2 Å². The zero-order valence-electron chi connectivity index (χ0n) is 12.3. The second kappa shape index (κ2) is 4.41. The summed E-state index contributed by atoms with van der Waals surface area (Å²) < 4.78 is 5.26. The van der Waals surface area contributed by atoms with Gasteiger partial charge in [0, 0.05) is 5.56 Å². The van der Waals surface area contributed by atoms with Gasteiger partial charge in [-0.3, -0.25) is 14.5 Å². The van der Waals surface area contributed by atoms with Gasteiger partial charge in [0.1, 0.15) is 0 Å². The van der Waals surface area contributed by atoms with Gasteiger partial charge in [-0.2, -0.15) is 0 Å². The molecule has 2 heterocycles. The van der Waals surface area contributed by atoms with E-state index in [1.165, 1.54) is 11.3 Å². The molecule has 2 amide bonds. The highest BCUT2D eigenvalue weighted by molar-refractivity contribution is 6.22. The predicted molar refractivity (Wildman–Crippen MR) is 82.1 cm³/mol. The second-order valence-corrected chi connectivity index (χ2v) is 6.42. The maximum absolute atomic E-state index is 12.7. The van der Waals surface area contributed by atoms with Crippen molar-refractivity contribution in [2.45, 2.75) is 6.42 Å². The Morgan fingerprint density at radius 3 is 2.22 bits per heavy atom. The molecule has 5 heteroatoms. The average Bonchev–Trinajstić information content (AvgIpc) is 3.33. The minimum absolute atomic E-state index is 0.0516. The van der Waals surface area contributed by atoms with Crippen LogP contribution >= 0.6 is 0 Å². The zero-order chi connectivity index (χ0) is 15.6. The fourth-order valence-electron chi connectivity index (χ4n) is 4.29. The molecule has 0 radical (unpaired) electrons. The predicted octanol–water partition coefficient (Wildman–Crippen LogP) is 2.65. The third-order valence-corrected chi connectivity index (χ3v) is 5.31. The first-order chi connectivity index (χ1) is 11.2. The van der Waals surface area contributed by atoms with Crippen LogP contribution in [0.1, 0.15) is 6.42 Å². The number of carbonyl (C=O) groups excluding carboxylic acids is 2. The molecule has 1 saturated carbocycles. The Bertz CT molecular complexity index is 792. The Morgan fingerprint density at radius 1 is 1.00 bits per heavy atom. The van der Waals surface area contributed by atoms with Crippen LogP contribution in [-0.2, 0) is 9.59 Å². The normalized spacial score (nSPS) is 31.2. The SMILES string of the molecule is O=C1[C@@H]2[C@H](C(=O)N1c1ccc(-c3cnco3)cc1)[C@H]1C=C[C@H]2C1. The summed E-state index contributed by atoms with van der Waals surface area (Å²) >= 11 is 0. The van der Waals surface area contributed by atoms with E-state index in [1.807, 2.05) is 12.1 Å². The van der Waals surface area contributed by atoms with E-state index < -0.39 is 0 Å². The van der Waals surface area contributed by atoms with Gasteiger partial charge in [0.2, 0.25) is 11.8 Å². The van der Waals surface area contributed by atoms with Gasteiger partial charge < -0.3 is 4.42 Å². The number of benzene rings is 1. The monoisotopic (exact) mass is 306 g/mol. The molecule has 0 spiro atoms. The van der Waals surface area contributed by atoms with Gasteiger partial charge in [0.05, 0.1) is 23.7 Å². The van der Waals surface area contributed by atoms with Crippen LogP contribution in [0.3, 0.4) is 0 Å². The lowest BCUT2D eigenvalue weighted by molar-refractivity contribution is -0.123. The largest absolute Gasteiger partial charge is 0.444 e. The van der Waals surface area contributed by atoms with Gasteiger partial charge in [-0.25, -0.2) is 4.98 Å². The lowest BCUT2D eigenvalue weighted by Gasteiger charge is -2.17. The van der Waals surface area contributed by atoms with Crippen LogP contribution in [0.15, 0.2) is 53.4 Å². The van der Waals surface area contributed by atoms with Crippen molar-refractivity contribution in [1.82, 2.24) is 4.98 Å². The standard InChI is InChI=1S/C18H14N2O3/c21-17-15-11-1-2-12(7-11)16(15)18(22)20(17)13-5-3-10(4-6-13)14-8-19-9-23-14/h1-6,8-9,11-12,15-16H,7H2/t11-,12-,15-,16+/m0/s1. The van der Waals surface area contributed by atoms with Gasteiger partial charge in [-0.15, -0.1) is 0 Å². The molecular weight excluding hydrogens is 292 g/mol. The van der Waals surface area contributed by atoms with Gasteiger partial charge >= 0.3 is 0 Å². The topological polar surface area (TPSA) is 63.4 Å². The maximum atomic E-state index is 12.7. The van der Waals surface area contributed by atoms with Crippen molar-refractivity contribution in [3.8, 4) is 11.3 Å². The summed E-state index contributed by atoms with van der Waals surface area (Å²) in [5.74, 6) is 0.709. The first-order valence-corrected chi connectivity index (χ1v) is 7.79. The lowest BCUT2D eigenvalue weighted by Crippen LogP contribution is -2.32. The molecule has 114 valence electrons. The Kier molecular flexibility index (Phi) is 2.46. The van der Waals surface area contributed by atoms with Crippen LogP contribution < -0.4 is 4.90 Å². The van der Waals surface area contributed by atoms with E-state index in [2.05, 4.69) is 17.1 Å². The number of oxazole rings is 1. The quantitative estimate of drug-likeness (QED) is 0.632. The molecule has 1 aromatic heterocycles. The van der Waals surface area contributed by atoms with Crippen molar-refractivity contribution in [2.75, 3.05) is 4.90 Å². The first kappa shape index (κ1) is 12.8. The first-order valence-electron chi connectivity index (χ1n) is 7.79. The van der Waals surface area contributed by atoms with Crippen molar-refractivity contribution in [3.63, 3.8) is 0 Å². The number of hydrogen-bond donors (Lipinski definition) is 0. The van der Waals surface area contributed by atoms with Crippen molar-refractivity contribution in [2.24, 2.45) is 23.7 Å². The van der Waals surface area contributed by atoms with Gasteiger partial charge in [-0.05, 0) is 42.5 Å². The number of amides is 2. The molecule has 5 rings (SSSR count). The van der Waals surface area contributed by atoms with Crippen LogP contribution in [0.25, 0.3) is 11.3 Å². The summed E-state index contributed by atoms with van der Waals surface area (Å²) in [4.78, 5) is 30.7. The minimum atomic E-state index is -0.161. The lowest BCUT2D eigenvalue weighted by atomic mass is 9.85. The molecule has 1 aromatic carbocycles. The number of rotatable bonds is 2. The summed E-state index contributed by atoms with van der Waals surface area (Å²) in [6.45, 7) is 0. The Morgan fingerprint density at radius 2 is 1.65 bits per heavy atom. The summed E-state index contributed by atoms with van der Waals surface area (Å²) in [5, 5.41) is 0. The number of carbonyl (C=O) groups is 2. The molecule has 2 fully saturated rings. The van der Waals surface area contributed by atoms with E-state index in [1.54, 1.807) is 18.3 Å². The van der Waals surface area contributed by atoms with E-state index in [-0.39, 0.29) is 35.5 Å². The molecule has 0 N–H and O–H groups in total. The Balaban J connectivity index is 1.49. The van der Waals surface area contributed by atoms with Crippen molar-refractivity contribution in [1.29, 1.82) is 0 Å². The summed E-state index contributed by atoms with van der Waals surface area (Å²) in [6.07, 6.45) is 8.17. The molecular formula is C18H14N2O3. The summed E-state index contributed by atoms with van der Waals surface area (Å²) in [7, 11) is 0. The van der Waals surface area contributed by atoms with Crippen LogP contribution in [-0.4, -0.2) is 16.8 Å². The summed E-state index contributed by atoms with van der Waals surface area (Å²) in [6, 6.07) is 7.28. The van der Waals surface area contributed by atoms with Crippen LogP contribution in [0, 0.1) is 23.7 Å². The Hall–Kier alpha value is -2.69. The van der Waals surface area contributed by atoms with E-state index in [9.17, 15) is 9.59 Å². The molecule has 2 bridgehead atoms. The Labute approximate surface area is 132 Å². The molecule has 23 heavy (non-hydrogen) atoms. The maximum Gasteiger partial charge on any atom is 0.238 e. The van der Waals surface area contributed by atoms with Gasteiger partial charge in [0.15, 0.2) is 12.2 Å². The molecule has 3 aliphatic rings. The minimum Gasteiger partial charge on any atom is -0.444 e. The van der Waals surface area contributed by atoms with E-state index >= 15 is 0 Å². The van der Waals surface area contributed by atoms with Crippen molar-refractivity contribution >= 4 is 17.5 Å². The molecule has 0 unspecified atom stereocenters. The fourth-order valence-corrected chi connectivity index (χ4v) is 4.29. The van der Waals surface area contributed by atoms with Crippen molar-refractivity contribution < 1.29 is 14.0 Å². The number of aromatic nitrogens is 1. The number of nitrogens with zero attached hydrogens (tertiary/aromatic N) is 2.